The van der Waals surface area contributed by atoms with Crippen molar-refractivity contribution in [3.8, 4) is 5.75 Å². The number of fused-ring (bicyclic) bond motifs is 1. The summed E-state index contributed by atoms with van der Waals surface area (Å²) in [6, 6.07) is 9.06. The summed E-state index contributed by atoms with van der Waals surface area (Å²) in [5.74, 6) is -0.663. The van der Waals surface area contributed by atoms with Gasteiger partial charge in [0.05, 0.1) is 5.41 Å². The molecule has 2 aliphatic heterocycles. The minimum Gasteiger partial charge on any atom is -0.462 e. The van der Waals surface area contributed by atoms with Crippen molar-refractivity contribution in [1.82, 2.24) is 0 Å². The van der Waals surface area contributed by atoms with Crippen LogP contribution in [0, 0.1) is 5.41 Å². The summed E-state index contributed by atoms with van der Waals surface area (Å²) >= 11 is 0. The molecule has 0 saturated carbocycles. The van der Waals surface area contributed by atoms with E-state index < -0.39 is 41.9 Å². The lowest BCUT2D eigenvalue weighted by atomic mass is 9.97. The monoisotopic (exact) mass is 380 g/mol. The van der Waals surface area contributed by atoms with Gasteiger partial charge in [0.2, 0.25) is 6.29 Å². The Morgan fingerprint density at radius 3 is 2.41 bits per heavy atom. The summed E-state index contributed by atoms with van der Waals surface area (Å²) in [6.45, 7) is 8.86. The van der Waals surface area contributed by atoms with E-state index in [4.69, 9.17) is 23.7 Å². The smallest absolute Gasteiger partial charge is 0.311 e. The molecule has 3 rings (SSSR count). The summed E-state index contributed by atoms with van der Waals surface area (Å²) in [4.78, 5) is 12.1. The molecular formula is C20H28O7. The molecule has 0 bridgehead atoms. The summed E-state index contributed by atoms with van der Waals surface area (Å²) in [6.07, 6.45) is -3.87. The average Bonchev–Trinajstić information content (AvgIpc) is 2.92. The number of carbonyl (C=O) groups is 1. The van der Waals surface area contributed by atoms with Crippen LogP contribution in [-0.4, -0.2) is 54.2 Å². The van der Waals surface area contributed by atoms with Crippen LogP contribution in [0.1, 0.15) is 34.6 Å². The first-order valence-electron chi connectivity index (χ1n) is 9.15. The number of ether oxygens (including phenoxy) is 5. The number of para-hydroxylation sites is 1. The Hall–Kier alpha value is -1.67. The van der Waals surface area contributed by atoms with Gasteiger partial charge in [-0.15, -0.1) is 0 Å². The van der Waals surface area contributed by atoms with E-state index >= 15 is 0 Å². The van der Waals surface area contributed by atoms with E-state index in [0.29, 0.717) is 5.75 Å². The predicted molar refractivity (Wildman–Crippen MR) is 96.0 cm³/mol. The number of hydrogen-bond acceptors (Lipinski definition) is 7. The lowest BCUT2D eigenvalue weighted by molar-refractivity contribution is -0.256. The Balaban J connectivity index is 1.75. The fraction of sp³-hybridized carbons (Fsp3) is 0.650. The van der Waals surface area contributed by atoms with E-state index in [2.05, 4.69) is 0 Å². The minimum atomic E-state index is -1.05. The highest BCUT2D eigenvalue weighted by Crippen LogP contribution is 2.38. The zero-order valence-corrected chi connectivity index (χ0v) is 16.4. The maximum absolute atomic E-state index is 12.1. The molecule has 0 unspecified atom stereocenters. The van der Waals surface area contributed by atoms with Crippen LogP contribution in [0.4, 0.5) is 0 Å². The van der Waals surface area contributed by atoms with Crippen LogP contribution in [0.15, 0.2) is 30.3 Å². The van der Waals surface area contributed by atoms with E-state index in [1.165, 1.54) is 0 Å². The van der Waals surface area contributed by atoms with E-state index in [-0.39, 0.29) is 12.6 Å². The van der Waals surface area contributed by atoms with Gasteiger partial charge in [0.15, 0.2) is 5.79 Å². The number of rotatable bonds is 4. The van der Waals surface area contributed by atoms with Crippen molar-refractivity contribution in [2.75, 3.05) is 6.61 Å². The number of esters is 1. The summed E-state index contributed by atoms with van der Waals surface area (Å²) < 4.78 is 28.9. The van der Waals surface area contributed by atoms with Gasteiger partial charge in [-0.1, -0.05) is 18.2 Å². The highest BCUT2D eigenvalue weighted by atomic mass is 16.8. The van der Waals surface area contributed by atoms with Crippen LogP contribution in [0.5, 0.6) is 5.75 Å². The molecule has 5 atom stereocenters. The van der Waals surface area contributed by atoms with Gasteiger partial charge in [-0.05, 0) is 46.8 Å². The standard InChI is InChI=1S/C20H28O7/c1-19(2,3)18(22)23-11-13-15-16(27-20(4,5)26-15)14(21)17(25-13)24-12-9-7-6-8-10-12/h6-10,13-17,21H,11H2,1-5H3/t13-,14-,15+,16-,17-/m1/s1. The molecular weight excluding hydrogens is 352 g/mol. The number of aliphatic hydroxyl groups is 1. The lowest BCUT2D eigenvalue weighted by Gasteiger charge is -2.39. The third-order valence-electron chi connectivity index (χ3n) is 4.44. The Kier molecular flexibility index (Phi) is 5.49. The summed E-state index contributed by atoms with van der Waals surface area (Å²) in [5, 5.41) is 10.7. The third kappa shape index (κ3) is 4.60. The molecule has 0 aromatic heterocycles. The van der Waals surface area contributed by atoms with Crippen molar-refractivity contribution in [3.05, 3.63) is 30.3 Å². The molecule has 2 fully saturated rings. The largest absolute Gasteiger partial charge is 0.462 e. The lowest BCUT2D eigenvalue weighted by Crippen LogP contribution is -2.59. The zero-order chi connectivity index (χ0) is 19.8. The quantitative estimate of drug-likeness (QED) is 0.802. The molecule has 7 nitrogen and oxygen atoms in total. The van der Waals surface area contributed by atoms with Gasteiger partial charge in [-0.2, -0.15) is 0 Å². The van der Waals surface area contributed by atoms with Gasteiger partial charge in [0, 0.05) is 0 Å². The molecule has 27 heavy (non-hydrogen) atoms. The second kappa shape index (κ2) is 7.39. The molecule has 0 spiro atoms. The molecule has 0 amide bonds. The van der Waals surface area contributed by atoms with E-state index in [1.54, 1.807) is 46.8 Å². The molecule has 2 aliphatic rings. The topological polar surface area (TPSA) is 83.5 Å². The van der Waals surface area contributed by atoms with Gasteiger partial charge >= 0.3 is 5.97 Å². The average molecular weight is 380 g/mol. The van der Waals surface area contributed by atoms with Crippen LogP contribution in [0.25, 0.3) is 0 Å². The number of aliphatic hydroxyl groups excluding tert-OH is 1. The van der Waals surface area contributed by atoms with Gasteiger partial charge in [0.1, 0.15) is 36.8 Å². The van der Waals surface area contributed by atoms with Crippen LogP contribution in [0.3, 0.4) is 0 Å². The first-order valence-corrected chi connectivity index (χ1v) is 9.15. The Bertz CT molecular complexity index is 652. The molecule has 1 aromatic rings. The van der Waals surface area contributed by atoms with E-state index in [9.17, 15) is 9.90 Å². The fourth-order valence-electron chi connectivity index (χ4n) is 3.09. The first kappa shape index (κ1) is 20.1. The minimum absolute atomic E-state index is 0.0158. The van der Waals surface area contributed by atoms with Gasteiger partial charge < -0.3 is 28.8 Å². The van der Waals surface area contributed by atoms with Crippen LogP contribution < -0.4 is 4.74 Å². The maximum Gasteiger partial charge on any atom is 0.311 e. The van der Waals surface area contributed by atoms with Gasteiger partial charge in [0.25, 0.3) is 0 Å². The second-order valence-corrected chi connectivity index (χ2v) is 8.38. The third-order valence-corrected chi connectivity index (χ3v) is 4.44. The number of benzene rings is 1. The van der Waals surface area contributed by atoms with Crippen LogP contribution in [-0.2, 0) is 23.7 Å². The van der Waals surface area contributed by atoms with E-state index in [1.807, 2.05) is 18.2 Å². The molecule has 2 saturated heterocycles. The van der Waals surface area contributed by atoms with Crippen molar-refractivity contribution in [2.24, 2.45) is 5.41 Å². The van der Waals surface area contributed by atoms with Crippen molar-refractivity contribution >= 4 is 5.97 Å². The van der Waals surface area contributed by atoms with E-state index in [0.717, 1.165) is 0 Å². The van der Waals surface area contributed by atoms with Crippen LogP contribution >= 0.6 is 0 Å². The fourth-order valence-corrected chi connectivity index (χ4v) is 3.09. The summed E-state index contributed by atoms with van der Waals surface area (Å²) in [5.41, 5.74) is -0.625. The normalized spacial score (nSPS) is 32.6. The highest BCUT2D eigenvalue weighted by molar-refractivity contribution is 5.75. The van der Waals surface area contributed by atoms with Gasteiger partial charge in [-0.3, -0.25) is 4.79 Å². The molecule has 7 heteroatoms. The Morgan fingerprint density at radius 2 is 1.78 bits per heavy atom. The molecule has 2 heterocycles. The number of carbonyl (C=O) groups excluding carboxylic acids is 1. The van der Waals surface area contributed by atoms with Crippen LogP contribution in [0.2, 0.25) is 0 Å². The SMILES string of the molecule is CC1(C)O[C@@H]2[C@@H](O)[C@H](Oc3ccccc3)O[C@H](COC(=O)C(C)(C)C)[C@@H]2O1. The highest BCUT2D eigenvalue weighted by Gasteiger charge is 2.56. The van der Waals surface area contributed by atoms with Gasteiger partial charge in [-0.25, -0.2) is 0 Å². The number of hydrogen-bond donors (Lipinski definition) is 1. The molecule has 0 radical (unpaired) electrons. The molecule has 1 aromatic carbocycles. The summed E-state index contributed by atoms with van der Waals surface area (Å²) in [7, 11) is 0. The second-order valence-electron chi connectivity index (χ2n) is 8.38. The molecule has 0 aliphatic carbocycles. The molecule has 150 valence electrons. The first-order chi connectivity index (χ1) is 12.6. The van der Waals surface area contributed by atoms with Crippen molar-refractivity contribution in [3.63, 3.8) is 0 Å². The zero-order valence-electron chi connectivity index (χ0n) is 16.4. The Morgan fingerprint density at radius 1 is 1.15 bits per heavy atom. The maximum atomic E-state index is 12.1. The van der Waals surface area contributed by atoms with Crippen molar-refractivity contribution in [2.45, 2.75) is 71.1 Å². The Labute approximate surface area is 159 Å². The molecule has 1 N–H and O–H groups in total. The van der Waals surface area contributed by atoms with Crippen molar-refractivity contribution in [1.29, 1.82) is 0 Å². The van der Waals surface area contributed by atoms with Crippen molar-refractivity contribution < 1.29 is 33.6 Å². The predicted octanol–water partition coefficient (Wildman–Crippen LogP) is 2.26.